The average Bonchev–Trinajstić information content (AvgIpc) is 2.77. The van der Waals surface area contributed by atoms with Crippen LogP contribution in [0.4, 0.5) is 13.2 Å². The Bertz CT molecular complexity index is 655. The first-order valence-corrected chi connectivity index (χ1v) is 5.28. The van der Waals surface area contributed by atoms with E-state index in [1.807, 2.05) is 0 Å². The van der Waals surface area contributed by atoms with Crippen molar-refractivity contribution in [2.45, 2.75) is 13.3 Å². The van der Waals surface area contributed by atoms with Gasteiger partial charge in [0.15, 0.2) is 17.5 Å². The molecule has 0 spiro atoms. The quantitative estimate of drug-likeness (QED) is 0.866. The minimum atomic E-state index is -1.39. The van der Waals surface area contributed by atoms with Crippen LogP contribution in [0.2, 0.25) is 0 Å². The summed E-state index contributed by atoms with van der Waals surface area (Å²) in [7, 11) is 0. The molecule has 0 saturated carbocycles. The van der Waals surface area contributed by atoms with Gasteiger partial charge in [-0.15, -0.1) is 5.10 Å². The van der Waals surface area contributed by atoms with E-state index in [9.17, 15) is 18.0 Å². The van der Waals surface area contributed by atoms with Gasteiger partial charge in [0.05, 0.1) is 0 Å². The highest BCUT2D eigenvalue weighted by molar-refractivity contribution is 5.83. The number of benzene rings is 1. The number of aryl methyl sites for hydroxylation is 1. The summed E-state index contributed by atoms with van der Waals surface area (Å²) < 4.78 is 40.4. The number of hydrogen-bond donors (Lipinski definition) is 1. The van der Waals surface area contributed by atoms with Crippen LogP contribution in [0.25, 0.3) is 5.69 Å². The maximum Gasteiger partial charge on any atom is 0.375 e. The molecular weight excluding hydrogens is 263 g/mol. The SMILES string of the molecule is CCc1nc(C(=O)O)nn1-c1cc(F)c(F)cc1F. The van der Waals surface area contributed by atoms with E-state index in [4.69, 9.17) is 5.11 Å². The Hall–Kier alpha value is -2.38. The minimum Gasteiger partial charge on any atom is -0.475 e. The van der Waals surface area contributed by atoms with E-state index in [0.717, 1.165) is 4.68 Å². The molecule has 0 atom stereocenters. The van der Waals surface area contributed by atoms with Crippen LogP contribution in [0.5, 0.6) is 0 Å². The van der Waals surface area contributed by atoms with Crippen molar-refractivity contribution in [1.82, 2.24) is 14.8 Å². The normalized spacial score (nSPS) is 10.7. The molecule has 0 radical (unpaired) electrons. The zero-order valence-electron chi connectivity index (χ0n) is 9.69. The van der Waals surface area contributed by atoms with Gasteiger partial charge in [-0.1, -0.05) is 6.92 Å². The van der Waals surface area contributed by atoms with E-state index in [2.05, 4.69) is 10.1 Å². The molecule has 0 fully saturated rings. The Balaban J connectivity index is 2.64. The monoisotopic (exact) mass is 271 g/mol. The molecule has 0 amide bonds. The van der Waals surface area contributed by atoms with Gasteiger partial charge in [0.25, 0.3) is 5.82 Å². The number of halogens is 3. The number of carboxylic acids is 1. The largest absolute Gasteiger partial charge is 0.475 e. The zero-order valence-corrected chi connectivity index (χ0v) is 9.69. The smallest absolute Gasteiger partial charge is 0.375 e. The summed E-state index contributed by atoms with van der Waals surface area (Å²) in [4.78, 5) is 14.4. The number of hydrogen-bond acceptors (Lipinski definition) is 3. The summed E-state index contributed by atoms with van der Waals surface area (Å²) in [6, 6.07) is 0.969. The van der Waals surface area contributed by atoms with Crippen molar-refractivity contribution in [2.75, 3.05) is 0 Å². The summed E-state index contributed by atoms with van der Waals surface area (Å²) in [5, 5.41) is 12.3. The molecule has 1 aromatic carbocycles. The molecule has 0 aliphatic carbocycles. The summed E-state index contributed by atoms with van der Waals surface area (Å²) in [6.45, 7) is 1.64. The highest BCUT2D eigenvalue weighted by atomic mass is 19.2. The molecule has 0 aliphatic rings. The van der Waals surface area contributed by atoms with Gasteiger partial charge in [-0.25, -0.2) is 27.6 Å². The van der Waals surface area contributed by atoms with Crippen molar-refractivity contribution >= 4 is 5.97 Å². The number of nitrogens with zero attached hydrogens (tertiary/aromatic N) is 3. The molecule has 19 heavy (non-hydrogen) atoms. The predicted octanol–water partition coefficient (Wildman–Crippen LogP) is 1.95. The van der Waals surface area contributed by atoms with E-state index < -0.39 is 34.9 Å². The second-order valence-corrected chi connectivity index (χ2v) is 3.64. The Morgan fingerprint density at radius 2 is 1.89 bits per heavy atom. The van der Waals surface area contributed by atoms with Crippen LogP contribution in [-0.4, -0.2) is 25.8 Å². The van der Waals surface area contributed by atoms with Crippen molar-refractivity contribution in [3.63, 3.8) is 0 Å². The van der Waals surface area contributed by atoms with E-state index >= 15 is 0 Å². The van der Waals surface area contributed by atoms with Crippen LogP contribution in [0.3, 0.4) is 0 Å². The maximum atomic E-state index is 13.6. The minimum absolute atomic E-state index is 0.127. The number of rotatable bonds is 3. The average molecular weight is 271 g/mol. The summed E-state index contributed by atoms with van der Waals surface area (Å²) >= 11 is 0. The van der Waals surface area contributed by atoms with Crippen LogP contribution >= 0.6 is 0 Å². The summed E-state index contributed by atoms with van der Waals surface area (Å²) in [6.07, 6.45) is 0.249. The van der Waals surface area contributed by atoms with Crippen molar-refractivity contribution in [1.29, 1.82) is 0 Å². The van der Waals surface area contributed by atoms with E-state index in [1.54, 1.807) is 6.92 Å². The number of carboxylic acid groups (broad SMARTS) is 1. The van der Waals surface area contributed by atoms with E-state index in [-0.39, 0.29) is 12.2 Å². The van der Waals surface area contributed by atoms with Crippen LogP contribution in [0.15, 0.2) is 12.1 Å². The second kappa shape index (κ2) is 4.71. The Morgan fingerprint density at radius 1 is 1.26 bits per heavy atom. The fourth-order valence-corrected chi connectivity index (χ4v) is 1.53. The first kappa shape index (κ1) is 13.1. The Kier molecular flexibility index (Phi) is 3.24. The van der Waals surface area contributed by atoms with E-state index in [0.29, 0.717) is 12.1 Å². The van der Waals surface area contributed by atoms with Crippen molar-refractivity contribution < 1.29 is 23.1 Å². The molecule has 100 valence electrons. The molecule has 5 nitrogen and oxygen atoms in total. The number of aromatic carboxylic acids is 1. The molecule has 0 unspecified atom stereocenters. The maximum absolute atomic E-state index is 13.6. The lowest BCUT2D eigenvalue weighted by molar-refractivity contribution is 0.0683. The van der Waals surface area contributed by atoms with Gasteiger partial charge in [-0.2, -0.15) is 0 Å². The van der Waals surface area contributed by atoms with Crippen LogP contribution < -0.4 is 0 Å². The van der Waals surface area contributed by atoms with Crippen molar-refractivity contribution in [2.24, 2.45) is 0 Å². The topological polar surface area (TPSA) is 68.0 Å². The first-order valence-electron chi connectivity index (χ1n) is 5.28. The highest BCUT2D eigenvalue weighted by Crippen LogP contribution is 2.19. The van der Waals surface area contributed by atoms with Gasteiger partial charge in [0.1, 0.15) is 11.5 Å². The molecule has 1 heterocycles. The first-order chi connectivity index (χ1) is 8.93. The molecule has 0 aliphatic heterocycles. The molecule has 1 N–H and O–H groups in total. The predicted molar refractivity (Wildman–Crippen MR) is 57.6 cm³/mol. The third-order valence-corrected chi connectivity index (χ3v) is 2.40. The highest BCUT2D eigenvalue weighted by Gasteiger charge is 2.19. The van der Waals surface area contributed by atoms with Crippen molar-refractivity contribution in [3.05, 3.63) is 41.2 Å². The lowest BCUT2D eigenvalue weighted by Crippen LogP contribution is -2.07. The summed E-state index contributed by atoms with van der Waals surface area (Å²) in [5.74, 6) is -5.46. The number of carbonyl (C=O) groups is 1. The lowest BCUT2D eigenvalue weighted by Gasteiger charge is -2.06. The van der Waals surface area contributed by atoms with Crippen molar-refractivity contribution in [3.8, 4) is 5.69 Å². The zero-order chi connectivity index (χ0) is 14.2. The van der Waals surface area contributed by atoms with Gasteiger partial charge in [-0.3, -0.25) is 0 Å². The van der Waals surface area contributed by atoms with Gasteiger partial charge in [0.2, 0.25) is 0 Å². The van der Waals surface area contributed by atoms with Gasteiger partial charge < -0.3 is 5.11 Å². The molecule has 2 rings (SSSR count). The summed E-state index contributed by atoms with van der Waals surface area (Å²) in [5.41, 5.74) is -0.393. The molecular formula is C11H8F3N3O2. The van der Waals surface area contributed by atoms with Crippen LogP contribution in [0, 0.1) is 17.5 Å². The fraction of sp³-hybridized carbons (Fsp3) is 0.182. The molecule has 2 aromatic rings. The molecule has 0 bridgehead atoms. The lowest BCUT2D eigenvalue weighted by atomic mass is 10.2. The second-order valence-electron chi connectivity index (χ2n) is 3.64. The van der Waals surface area contributed by atoms with Gasteiger partial charge in [-0.05, 0) is 0 Å². The third kappa shape index (κ3) is 2.28. The van der Waals surface area contributed by atoms with Gasteiger partial charge in [0, 0.05) is 18.6 Å². The van der Waals surface area contributed by atoms with Crippen LogP contribution in [0.1, 0.15) is 23.4 Å². The fourth-order valence-electron chi connectivity index (χ4n) is 1.53. The van der Waals surface area contributed by atoms with Gasteiger partial charge >= 0.3 is 5.97 Å². The molecule has 0 saturated heterocycles. The third-order valence-electron chi connectivity index (χ3n) is 2.40. The van der Waals surface area contributed by atoms with Crippen LogP contribution in [-0.2, 0) is 6.42 Å². The Labute approximate surface area is 105 Å². The number of aromatic nitrogens is 3. The van der Waals surface area contributed by atoms with E-state index in [1.165, 1.54) is 0 Å². The standard InChI is InChI=1S/C11H8F3N3O2/c1-2-9-15-10(11(18)19)16-17(9)8-4-6(13)5(12)3-7(8)14/h3-4H,2H2,1H3,(H,18,19). The molecule has 1 aromatic heterocycles. The Morgan fingerprint density at radius 3 is 2.47 bits per heavy atom. The molecule has 8 heteroatoms.